The molecule has 0 aromatic heterocycles. The van der Waals surface area contributed by atoms with Gasteiger partial charge < -0.3 is 10.1 Å². The minimum atomic E-state index is -0.992. The normalized spacial score (nSPS) is 9.82. The second-order valence-corrected chi connectivity index (χ2v) is 3.08. The van der Waals surface area contributed by atoms with Gasteiger partial charge in [-0.3, -0.25) is 9.59 Å². The minimum Gasteiger partial charge on any atom is -0.465 e. The number of ether oxygens (including phenoxy) is 1. The molecule has 0 aliphatic carbocycles. The lowest BCUT2D eigenvalue weighted by Crippen LogP contribution is -2.31. The Labute approximate surface area is 96.6 Å². The van der Waals surface area contributed by atoms with E-state index in [-0.39, 0.29) is 6.61 Å². The summed E-state index contributed by atoms with van der Waals surface area (Å²) in [6, 6.07) is 3.07. The molecule has 0 unspecified atom stereocenters. The summed E-state index contributed by atoms with van der Waals surface area (Å²) in [4.78, 5) is 22.3. The van der Waals surface area contributed by atoms with E-state index in [1.54, 1.807) is 6.92 Å². The van der Waals surface area contributed by atoms with Crippen LogP contribution in [0.2, 0.25) is 0 Å². The van der Waals surface area contributed by atoms with Gasteiger partial charge in [0, 0.05) is 0 Å². The summed E-state index contributed by atoms with van der Waals surface area (Å²) in [5.41, 5.74) is -0.711. The lowest BCUT2D eigenvalue weighted by atomic mass is 10.2. The fourth-order valence-corrected chi connectivity index (χ4v) is 1.17. The Morgan fingerprint density at radius 2 is 1.88 bits per heavy atom. The second-order valence-electron chi connectivity index (χ2n) is 3.08. The van der Waals surface area contributed by atoms with Crippen molar-refractivity contribution in [2.45, 2.75) is 6.92 Å². The molecule has 0 heterocycles. The highest BCUT2D eigenvalue weighted by molar-refractivity contribution is 5.96. The van der Waals surface area contributed by atoms with Crippen LogP contribution in [-0.4, -0.2) is 25.0 Å². The van der Waals surface area contributed by atoms with Crippen LogP contribution in [0, 0.1) is 11.6 Å². The van der Waals surface area contributed by atoms with E-state index < -0.39 is 35.6 Å². The van der Waals surface area contributed by atoms with Gasteiger partial charge in [0.2, 0.25) is 0 Å². The molecule has 1 amide bonds. The summed E-state index contributed by atoms with van der Waals surface area (Å²) < 4.78 is 30.9. The van der Waals surface area contributed by atoms with Crippen molar-refractivity contribution in [2.75, 3.05) is 13.2 Å². The topological polar surface area (TPSA) is 55.4 Å². The number of benzene rings is 1. The molecule has 1 aromatic carbocycles. The van der Waals surface area contributed by atoms with Crippen molar-refractivity contribution < 1.29 is 23.1 Å². The number of halogens is 2. The molecule has 6 heteroatoms. The van der Waals surface area contributed by atoms with E-state index in [1.807, 2.05) is 0 Å². The Balaban J connectivity index is 2.68. The first-order chi connectivity index (χ1) is 8.06. The number of esters is 1. The van der Waals surface area contributed by atoms with Crippen molar-refractivity contribution in [1.29, 1.82) is 0 Å². The zero-order valence-corrected chi connectivity index (χ0v) is 9.13. The maximum Gasteiger partial charge on any atom is 0.325 e. The summed E-state index contributed by atoms with van der Waals surface area (Å²) >= 11 is 0. The largest absolute Gasteiger partial charge is 0.465 e. The van der Waals surface area contributed by atoms with Crippen molar-refractivity contribution in [3.63, 3.8) is 0 Å². The number of hydrogen-bond acceptors (Lipinski definition) is 3. The van der Waals surface area contributed by atoms with Crippen LogP contribution < -0.4 is 5.32 Å². The van der Waals surface area contributed by atoms with E-state index in [9.17, 15) is 18.4 Å². The predicted molar refractivity (Wildman–Crippen MR) is 55.3 cm³/mol. The highest BCUT2D eigenvalue weighted by Crippen LogP contribution is 2.11. The van der Waals surface area contributed by atoms with Gasteiger partial charge in [-0.2, -0.15) is 0 Å². The SMILES string of the molecule is CCOC(=O)CNC(=O)c1c(F)cccc1F. The van der Waals surface area contributed by atoms with Crippen LogP contribution in [0.3, 0.4) is 0 Å². The zero-order chi connectivity index (χ0) is 12.8. The third-order valence-electron chi connectivity index (χ3n) is 1.89. The molecule has 17 heavy (non-hydrogen) atoms. The summed E-state index contributed by atoms with van der Waals surface area (Å²) in [7, 11) is 0. The Morgan fingerprint density at radius 3 is 2.41 bits per heavy atom. The van der Waals surface area contributed by atoms with Gasteiger partial charge in [-0.05, 0) is 19.1 Å². The van der Waals surface area contributed by atoms with Crippen LogP contribution in [0.5, 0.6) is 0 Å². The minimum absolute atomic E-state index is 0.169. The van der Waals surface area contributed by atoms with E-state index in [0.717, 1.165) is 18.2 Å². The first-order valence-corrected chi connectivity index (χ1v) is 4.94. The van der Waals surface area contributed by atoms with Crippen molar-refractivity contribution in [1.82, 2.24) is 5.32 Å². The molecule has 0 radical (unpaired) electrons. The van der Waals surface area contributed by atoms with Crippen LogP contribution in [0.1, 0.15) is 17.3 Å². The fraction of sp³-hybridized carbons (Fsp3) is 0.273. The highest BCUT2D eigenvalue weighted by Gasteiger charge is 2.17. The average molecular weight is 243 g/mol. The Morgan fingerprint density at radius 1 is 1.29 bits per heavy atom. The Hall–Kier alpha value is -1.98. The summed E-state index contributed by atoms with van der Waals surface area (Å²) in [6.45, 7) is 1.35. The van der Waals surface area contributed by atoms with E-state index in [2.05, 4.69) is 10.1 Å². The number of nitrogens with one attached hydrogen (secondary N) is 1. The molecular weight excluding hydrogens is 232 g/mol. The van der Waals surface area contributed by atoms with Crippen molar-refractivity contribution in [3.05, 3.63) is 35.4 Å². The number of carbonyl (C=O) groups is 2. The van der Waals surface area contributed by atoms with Crippen LogP contribution >= 0.6 is 0 Å². The predicted octanol–water partition coefficient (Wildman–Crippen LogP) is 1.26. The summed E-state index contributed by atoms with van der Waals surface area (Å²) in [5, 5.41) is 2.07. The zero-order valence-electron chi connectivity index (χ0n) is 9.13. The summed E-state index contributed by atoms with van der Waals surface area (Å²) in [5.74, 6) is -3.62. The number of carbonyl (C=O) groups excluding carboxylic acids is 2. The van der Waals surface area contributed by atoms with E-state index in [1.165, 1.54) is 0 Å². The van der Waals surface area contributed by atoms with E-state index in [4.69, 9.17) is 0 Å². The van der Waals surface area contributed by atoms with E-state index in [0.29, 0.717) is 0 Å². The standard InChI is InChI=1S/C11H11F2NO3/c1-2-17-9(15)6-14-11(16)10-7(12)4-3-5-8(10)13/h3-5H,2,6H2,1H3,(H,14,16). The maximum atomic E-state index is 13.2. The lowest BCUT2D eigenvalue weighted by Gasteiger charge is -2.06. The van der Waals surface area contributed by atoms with Gasteiger partial charge in [-0.15, -0.1) is 0 Å². The van der Waals surface area contributed by atoms with Crippen LogP contribution in [-0.2, 0) is 9.53 Å². The molecule has 0 bridgehead atoms. The Kier molecular flexibility index (Phi) is 4.56. The van der Waals surface area contributed by atoms with Crippen molar-refractivity contribution in [3.8, 4) is 0 Å². The molecule has 0 aliphatic rings. The molecule has 0 atom stereocenters. The van der Waals surface area contributed by atoms with Gasteiger partial charge in [0.15, 0.2) is 0 Å². The first kappa shape index (κ1) is 13.1. The smallest absolute Gasteiger partial charge is 0.325 e. The molecule has 1 rings (SSSR count). The molecule has 0 saturated carbocycles. The molecule has 0 fully saturated rings. The molecule has 0 spiro atoms. The molecule has 0 aliphatic heterocycles. The summed E-state index contributed by atoms with van der Waals surface area (Å²) in [6.07, 6.45) is 0. The molecular formula is C11H11F2NO3. The van der Waals surface area contributed by atoms with E-state index >= 15 is 0 Å². The van der Waals surface area contributed by atoms with Crippen molar-refractivity contribution in [2.24, 2.45) is 0 Å². The van der Waals surface area contributed by atoms with Gasteiger partial charge in [-0.1, -0.05) is 6.07 Å². The Bertz CT molecular complexity index is 414. The van der Waals surface area contributed by atoms with Gasteiger partial charge >= 0.3 is 5.97 Å². The fourth-order valence-electron chi connectivity index (χ4n) is 1.17. The molecule has 1 aromatic rings. The third kappa shape index (κ3) is 3.51. The average Bonchev–Trinajstić information content (AvgIpc) is 2.26. The molecule has 4 nitrogen and oxygen atoms in total. The molecule has 1 N–H and O–H groups in total. The third-order valence-corrected chi connectivity index (χ3v) is 1.89. The van der Waals surface area contributed by atoms with Crippen molar-refractivity contribution >= 4 is 11.9 Å². The highest BCUT2D eigenvalue weighted by atomic mass is 19.1. The van der Waals surface area contributed by atoms with Gasteiger partial charge in [-0.25, -0.2) is 8.78 Å². The van der Waals surface area contributed by atoms with Gasteiger partial charge in [0.05, 0.1) is 6.61 Å². The quantitative estimate of drug-likeness (QED) is 0.810. The van der Waals surface area contributed by atoms with Gasteiger partial charge in [0.25, 0.3) is 5.91 Å². The number of amides is 1. The first-order valence-electron chi connectivity index (χ1n) is 4.94. The van der Waals surface area contributed by atoms with Crippen LogP contribution in [0.4, 0.5) is 8.78 Å². The number of hydrogen-bond donors (Lipinski definition) is 1. The van der Waals surface area contributed by atoms with Gasteiger partial charge in [0.1, 0.15) is 23.7 Å². The second kappa shape index (κ2) is 5.93. The maximum absolute atomic E-state index is 13.2. The molecule has 92 valence electrons. The van der Waals surface area contributed by atoms with Crippen LogP contribution in [0.25, 0.3) is 0 Å². The van der Waals surface area contributed by atoms with Crippen LogP contribution in [0.15, 0.2) is 18.2 Å². The monoisotopic (exact) mass is 243 g/mol. The number of rotatable bonds is 4. The molecule has 0 saturated heterocycles. The lowest BCUT2D eigenvalue weighted by molar-refractivity contribution is -0.141.